The largest absolute Gasteiger partial charge is 0.422 e. The van der Waals surface area contributed by atoms with Gasteiger partial charge in [0.15, 0.2) is 0 Å². The van der Waals surface area contributed by atoms with E-state index in [9.17, 15) is 9.59 Å². The van der Waals surface area contributed by atoms with Crippen LogP contribution in [0, 0.1) is 3.57 Å². The second kappa shape index (κ2) is 11.5. The van der Waals surface area contributed by atoms with Crippen molar-refractivity contribution in [3.8, 4) is 16.9 Å². The summed E-state index contributed by atoms with van der Waals surface area (Å²) >= 11 is 11.6. The van der Waals surface area contributed by atoms with Crippen molar-refractivity contribution in [2.24, 2.45) is 5.10 Å². The molecule has 2 N–H and O–H groups in total. The van der Waals surface area contributed by atoms with Gasteiger partial charge in [-0.3, -0.25) is 4.79 Å². The molecule has 188 valence electrons. The first-order valence-corrected chi connectivity index (χ1v) is 13.6. The van der Waals surface area contributed by atoms with Crippen molar-refractivity contribution in [1.82, 2.24) is 10.4 Å². The molecular weight excluding hydrogens is 681 g/mol. The van der Waals surface area contributed by atoms with Crippen LogP contribution in [0.15, 0.2) is 101 Å². The number of aromatic nitrogens is 1. The van der Waals surface area contributed by atoms with Crippen molar-refractivity contribution >= 4 is 79.1 Å². The van der Waals surface area contributed by atoms with Crippen molar-refractivity contribution < 1.29 is 14.3 Å². The third-order valence-corrected chi connectivity index (χ3v) is 7.09. The summed E-state index contributed by atoms with van der Waals surface area (Å²) in [6.45, 7) is 0. The summed E-state index contributed by atoms with van der Waals surface area (Å²) in [5.74, 6) is -0.653. The fraction of sp³-hybridized carbons (Fsp3) is 0. The molecule has 0 bridgehead atoms. The van der Waals surface area contributed by atoms with E-state index in [1.165, 1.54) is 6.21 Å². The van der Waals surface area contributed by atoms with Gasteiger partial charge < -0.3 is 9.72 Å². The van der Waals surface area contributed by atoms with E-state index in [0.29, 0.717) is 21.8 Å². The van der Waals surface area contributed by atoms with Crippen LogP contribution in [0.4, 0.5) is 0 Å². The highest BCUT2D eigenvalue weighted by molar-refractivity contribution is 14.1. The Bertz CT molecular complexity index is 1690. The van der Waals surface area contributed by atoms with Crippen LogP contribution in [0.5, 0.6) is 5.75 Å². The fourth-order valence-electron chi connectivity index (χ4n) is 3.91. The number of nitrogens with one attached hydrogen (secondary N) is 2. The lowest BCUT2D eigenvalue weighted by Gasteiger charge is -2.08. The number of carbonyl (C=O) groups excluding carboxylic acids is 2. The molecule has 6 nitrogen and oxygen atoms in total. The average molecular weight is 699 g/mol. The maximum atomic E-state index is 13.3. The molecule has 5 aromatic rings. The molecule has 0 saturated heterocycles. The van der Waals surface area contributed by atoms with Gasteiger partial charge in [0.2, 0.25) is 0 Å². The molecule has 4 aromatic carbocycles. The SMILES string of the molecule is O=C(Oc1ccc(Br)cc1C=NNC(=O)c1[nH]c2ccc(I)cc2c1-c1ccccc1)c1ccc(Cl)cc1. The van der Waals surface area contributed by atoms with Gasteiger partial charge in [0.1, 0.15) is 11.4 Å². The molecule has 5 rings (SSSR count). The molecule has 0 aliphatic heterocycles. The van der Waals surface area contributed by atoms with Crippen LogP contribution in [0.2, 0.25) is 5.02 Å². The Morgan fingerprint density at radius 2 is 1.74 bits per heavy atom. The third kappa shape index (κ3) is 5.82. The zero-order valence-electron chi connectivity index (χ0n) is 19.5. The molecule has 0 aliphatic rings. The minimum absolute atomic E-state index is 0.288. The average Bonchev–Trinajstić information content (AvgIpc) is 3.29. The topological polar surface area (TPSA) is 83.5 Å². The molecule has 0 unspecified atom stereocenters. The van der Waals surface area contributed by atoms with Crippen LogP contribution in [-0.4, -0.2) is 23.1 Å². The summed E-state index contributed by atoms with van der Waals surface area (Å²) in [7, 11) is 0. The van der Waals surface area contributed by atoms with E-state index in [-0.39, 0.29) is 5.75 Å². The number of H-pyrrole nitrogens is 1. The number of benzene rings is 4. The summed E-state index contributed by atoms with van der Waals surface area (Å²) in [5.41, 5.74) is 6.41. The van der Waals surface area contributed by atoms with E-state index in [2.05, 4.69) is 54.0 Å². The molecule has 1 aromatic heterocycles. The highest BCUT2D eigenvalue weighted by atomic mass is 127. The molecule has 1 amide bonds. The van der Waals surface area contributed by atoms with Crippen molar-refractivity contribution in [2.75, 3.05) is 0 Å². The number of amides is 1. The summed E-state index contributed by atoms with van der Waals surface area (Å²) < 4.78 is 7.40. The van der Waals surface area contributed by atoms with Gasteiger partial charge in [-0.15, -0.1) is 0 Å². The first kappa shape index (κ1) is 26.1. The number of fused-ring (bicyclic) bond motifs is 1. The van der Waals surface area contributed by atoms with Crippen molar-refractivity contribution in [3.63, 3.8) is 0 Å². The monoisotopic (exact) mass is 697 g/mol. The van der Waals surface area contributed by atoms with Gasteiger partial charge in [-0.25, -0.2) is 10.2 Å². The van der Waals surface area contributed by atoms with Crippen molar-refractivity contribution in [2.45, 2.75) is 0 Å². The fourth-order valence-corrected chi connectivity index (χ4v) is 4.91. The number of esters is 1. The lowest BCUT2D eigenvalue weighted by molar-refractivity contribution is 0.0734. The Kier molecular flexibility index (Phi) is 7.92. The van der Waals surface area contributed by atoms with E-state index in [1.54, 1.807) is 42.5 Å². The summed E-state index contributed by atoms with van der Waals surface area (Å²) in [4.78, 5) is 29.1. The standard InChI is InChI=1S/C29H18BrClIN3O3/c30-20-8-13-25(38-29(37)18-6-9-21(31)10-7-18)19(14-20)16-33-35-28(36)27-26(17-4-2-1-3-5-17)23-15-22(32)11-12-24(23)34-27/h1-16,34H,(H,35,36). The van der Waals surface area contributed by atoms with Gasteiger partial charge in [0.05, 0.1) is 11.8 Å². The van der Waals surface area contributed by atoms with Crippen LogP contribution < -0.4 is 10.2 Å². The number of halogens is 3. The van der Waals surface area contributed by atoms with Gasteiger partial charge in [-0.2, -0.15) is 5.10 Å². The first-order valence-electron chi connectivity index (χ1n) is 11.4. The Morgan fingerprint density at radius 3 is 2.50 bits per heavy atom. The number of hydrogen-bond acceptors (Lipinski definition) is 4. The lowest BCUT2D eigenvalue weighted by Crippen LogP contribution is -2.19. The van der Waals surface area contributed by atoms with E-state index in [4.69, 9.17) is 16.3 Å². The Labute approximate surface area is 245 Å². The van der Waals surface area contributed by atoms with E-state index >= 15 is 0 Å². The number of hydrogen-bond donors (Lipinski definition) is 2. The molecule has 0 atom stereocenters. The molecule has 38 heavy (non-hydrogen) atoms. The zero-order chi connectivity index (χ0) is 26.6. The number of ether oxygens (including phenoxy) is 1. The molecule has 0 spiro atoms. The molecule has 0 aliphatic carbocycles. The molecule has 0 radical (unpaired) electrons. The predicted molar refractivity (Wildman–Crippen MR) is 162 cm³/mol. The lowest BCUT2D eigenvalue weighted by atomic mass is 10.0. The third-order valence-electron chi connectivity index (χ3n) is 5.67. The summed E-state index contributed by atoms with van der Waals surface area (Å²) in [5, 5.41) is 5.63. The first-order chi connectivity index (χ1) is 18.4. The number of hydrazone groups is 1. The second-order valence-corrected chi connectivity index (χ2v) is 10.8. The van der Waals surface area contributed by atoms with Crippen molar-refractivity contribution in [3.05, 3.63) is 121 Å². The van der Waals surface area contributed by atoms with Gasteiger partial charge in [0, 0.05) is 35.1 Å². The second-order valence-electron chi connectivity index (χ2n) is 8.21. The number of aromatic amines is 1. The number of rotatable bonds is 6. The molecule has 9 heteroatoms. The number of nitrogens with zero attached hydrogens (tertiary/aromatic N) is 1. The summed E-state index contributed by atoms with van der Waals surface area (Å²) in [6, 6.07) is 27.2. The van der Waals surface area contributed by atoms with Crippen LogP contribution in [-0.2, 0) is 0 Å². The Hall–Kier alpha value is -3.47. The maximum absolute atomic E-state index is 13.3. The molecule has 0 saturated carbocycles. The highest BCUT2D eigenvalue weighted by Gasteiger charge is 2.19. The van der Waals surface area contributed by atoms with Crippen LogP contribution in [0.1, 0.15) is 26.4 Å². The highest BCUT2D eigenvalue weighted by Crippen LogP contribution is 2.33. The van der Waals surface area contributed by atoms with E-state index in [0.717, 1.165) is 30.1 Å². The van der Waals surface area contributed by atoms with Crippen molar-refractivity contribution in [1.29, 1.82) is 0 Å². The van der Waals surface area contributed by atoms with Gasteiger partial charge in [-0.1, -0.05) is 57.9 Å². The zero-order valence-corrected chi connectivity index (χ0v) is 24.0. The van der Waals surface area contributed by atoms with Crippen LogP contribution in [0.3, 0.4) is 0 Å². The van der Waals surface area contributed by atoms with Crippen LogP contribution >= 0.6 is 50.1 Å². The van der Waals surface area contributed by atoms with Gasteiger partial charge in [-0.05, 0) is 88.8 Å². The number of carbonyl (C=O) groups is 2. The Balaban J connectivity index is 1.41. The van der Waals surface area contributed by atoms with E-state index in [1.807, 2.05) is 48.5 Å². The quantitative estimate of drug-likeness (QED) is 0.0624. The smallest absolute Gasteiger partial charge is 0.343 e. The molecule has 1 heterocycles. The normalized spacial score (nSPS) is 11.1. The molecular formula is C29H18BrClIN3O3. The molecule has 0 fully saturated rings. The van der Waals surface area contributed by atoms with Crippen LogP contribution in [0.25, 0.3) is 22.0 Å². The maximum Gasteiger partial charge on any atom is 0.343 e. The van der Waals surface area contributed by atoms with E-state index < -0.39 is 11.9 Å². The van der Waals surface area contributed by atoms with Gasteiger partial charge >= 0.3 is 5.97 Å². The minimum atomic E-state index is -0.539. The van der Waals surface area contributed by atoms with Gasteiger partial charge in [0.25, 0.3) is 5.91 Å². The Morgan fingerprint density at radius 1 is 0.974 bits per heavy atom. The summed E-state index contributed by atoms with van der Waals surface area (Å²) in [6.07, 6.45) is 1.43. The predicted octanol–water partition coefficient (Wildman–Crippen LogP) is 7.84. The minimum Gasteiger partial charge on any atom is -0.422 e.